The van der Waals surface area contributed by atoms with Crippen molar-refractivity contribution in [1.29, 1.82) is 0 Å². The number of aromatic carboxylic acids is 2. The third-order valence-corrected chi connectivity index (χ3v) is 6.46. The Morgan fingerprint density at radius 3 is 1.90 bits per heavy atom. The van der Waals surface area contributed by atoms with Crippen LogP contribution in [0.5, 0.6) is 0 Å². The SMILES string of the molecule is O=C(O)c1ccnc(-c2cc(C(=O)O)cc(-c3cc(C#Cc4ccc5c(ccc6ccccc65)c4)ccn3)n2)c1. The zero-order chi connectivity index (χ0) is 27.6. The van der Waals surface area contributed by atoms with Crippen molar-refractivity contribution in [2.45, 2.75) is 0 Å². The molecule has 6 aromatic rings. The zero-order valence-corrected chi connectivity index (χ0v) is 20.9. The summed E-state index contributed by atoms with van der Waals surface area (Å²) in [4.78, 5) is 36.4. The minimum Gasteiger partial charge on any atom is -0.478 e. The van der Waals surface area contributed by atoms with Crippen LogP contribution in [0.2, 0.25) is 0 Å². The van der Waals surface area contributed by atoms with Crippen LogP contribution in [0.25, 0.3) is 44.3 Å². The van der Waals surface area contributed by atoms with Crippen molar-refractivity contribution in [3.05, 3.63) is 126 Å². The molecule has 0 radical (unpaired) electrons. The summed E-state index contributed by atoms with van der Waals surface area (Å²) in [6.45, 7) is 0. The van der Waals surface area contributed by atoms with Gasteiger partial charge in [0.15, 0.2) is 0 Å². The van der Waals surface area contributed by atoms with Crippen LogP contribution in [0, 0.1) is 11.8 Å². The first-order valence-corrected chi connectivity index (χ1v) is 12.3. The Morgan fingerprint density at radius 2 is 1.15 bits per heavy atom. The first kappa shape index (κ1) is 24.5. The van der Waals surface area contributed by atoms with Gasteiger partial charge in [0.2, 0.25) is 0 Å². The van der Waals surface area contributed by atoms with Crippen molar-refractivity contribution < 1.29 is 19.8 Å². The van der Waals surface area contributed by atoms with Crippen LogP contribution in [0.1, 0.15) is 31.8 Å². The van der Waals surface area contributed by atoms with E-state index in [-0.39, 0.29) is 22.5 Å². The second-order valence-corrected chi connectivity index (χ2v) is 9.07. The number of carboxylic acid groups (broad SMARTS) is 2. The average Bonchev–Trinajstić information content (AvgIpc) is 2.99. The second kappa shape index (κ2) is 10.1. The molecule has 40 heavy (non-hydrogen) atoms. The van der Waals surface area contributed by atoms with Crippen LogP contribution in [-0.2, 0) is 0 Å². The first-order valence-electron chi connectivity index (χ1n) is 12.3. The van der Waals surface area contributed by atoms with Gasteiger partial charge in [0.1, 0.15) is 0 Å². The lowest BCUT2D eigenvalue weighted by Gasteiger charge is -2.07. The summed E-state index contributed by atoms with van der Waals surface area (Å²) in [5.41, 5.74) is 2.73. The maximum Gasteiger partial charge on any atom is 0.335 e. The molecule has 0 unspecified atom stereocenters. The summed E-state index contributed by atoms with van der Waals surface area (Å²) in [5, 5.41) is 23.7. The van der Waals surface area contributed by atoms with Gasteiger partial charge in [-0.2, -0.15) is 0 Å². The molecule has 0 aliphatic rings. The summed E-state index contributed by atoms with van der Waals surface area (Å²) in [5.74, 6) is 4.10. The summed E-state index contributed by atoms with van der Waals surface area (Å²) in [6, 6.07) is 27.6. The maximum absolute atomic E-state index is 11.8. The Balaban J connectivity index is 1.36. The molecule has 0 aliphatic heterocycles. The quantitative estimate of drug-likeness (QED) is 0.206. The van der Waals surface area contributed by atoms with Crippen LogP contribution in [0.4, 0.5) is 0 Å². The van der Waals surface area contributed by atoms with Crippen molar-refractivity contribution in [1.82, 2.24) is 15.0 Å². The number of pyridine rings is 3. The van der Waals surface area contributed by atoms with Crippen LogP contribution in [0.3, 0.4) is 0 Å². The molecule has 0 saturated heterocycles. The van der Waals surface area contributed by atoms with Crippen molar-refractivity contribution in [3.63, 3.8) is 0 Å². The molecule has 0 fully saturated rings. The van der Waals surface area contributed by atoms with Crippen molar-refractivity contribution in [2.75, 3.05) is 0 Å². The normalized spacial score (nSPS) is 10.7. The molecular formula is C33H19N3O4. The highest BCUT2D eigenvalue weighted by Crippen LogP contribution is 2.26. The fraction of sp³-hybridized carbons (Fsp3) is 0. The minimum absolute atomic E-state index is 0.0198. The van der Waals surface area contributed by atoms with E-state index >= 15 is 0 Å². The van der Waals surface area contributed by atoms with E-state index in [0.717, 1.165) is 10.9 Å². The molecule has 2 N–H and O–H groups in total. The lowest BCUT2D eigenvalue weighted by Crippen LogP contribution is -2.02. The number of carboxylic acids is 2. The molecule has 0 aliphatic carbocycles. The second-order valence-electron chi connectivity index (χ2n) is 9.07. The standard InChI is InChI=1S/C33H19N3O4/c37-32(38)24-12-14-35-29(17-24)31-19-25(33(39)40)18-30(36-31)28-16-21(11-13-34-28)6-5-20-7-10-27-23(15-20)9-8-22-3-1-2-4-26(22)27/h1-4,7-19H,(H,37,38)(H,39,40). The molecule has 3 aromatic carbocycles. The van der Waals surface area contributed by atoms with Gasteiger partial charge in [0.25, 0.3) is 0 Å². The Bertz CT molecular complexity index is 2040. The molecule has 0 amide bonds. The van der Waals surface area contributed by atoms with Crippen LogP contribution in [0.15, 0.2) is 103 Å². The number of fused-ring (bicyclic) bond motifs is 3. The van der Waals surface area contributed by atoms with Gasteiger partial charge in [-0.1, -0.05) is 54.3 Å². The molecular weight excluding hydrogens is 502 g/mol. The minimum atomic E-state index is -1.15. The zero-order valence-electron chi connectivity index (χ0n) is 20.9. The fourth-order valence-electron chi connectivity index (χ4n) is 4.50. The monoisotopic (exact) mass is 521 g/mol. The van der Waals surface area contributed by atoms with E-state index in [2.05, 4.69) is 63.2 Å². The van der Waals surface area contributed by atoms with Crippen LogP contribution in [-0.4, -0.2) is 37.1 Å². The molecule has 6 rings (SSSR count). The largest absolute Gasteiger partial charge is 0.478 e. The molecule has 0 atom stereocenters. The topological polar surface area (TPSA) is 113 Å². The molecule has 3 heterocycles. The number of hydrogen-bond donors (Lipinski definition) is 2. The van der Waals surface area contributed by atoms with E-state index in [1.807, 2.05) is 18.2 Å². The predicted octanol–water partition coefficient (Wildman–Crippen LogP) is 6.31. The number of nitrogens with zero attached hydrogens (tertiary/aromatic N) is 3. The molecule has 7 heteroatoms. The summed E-state index contributed by atoms with van der Waals surface area (Å²) in [6.07, 6.45) is 2.93. The van der Waals surface area contributed by atoms with E-state index in [1.54, 1.807) is 18.3 Å². The van der Waals surface area contributed by atoms with Crippen molar-refractivity contribution >= 4 is 33.5 Å². The smallest absolute Gasteiger partial charge is 0.335 e. The van der Waals surface area contributed by atoms with Gasteiger partial charge >= 0.3 is 11.9 Å². The molecule has 7 nitrogen and oxygen atoms in total. The van der Waals surface area contributed by atoms with E-state index in [0.29, 0.717) is 17.0 Å². The van der Waals surface area contributed by atoms with Gasteiger partial charge in [-0.05, 0) is 70.1 Å². The molecule has 3 aromatic heterocycles. The molecule has 0 spiro atoms. The van der Waals surface area contributed by atoms with E-state index in [4.69, 9.17) is 0 Å². The van der Waals surface area contributed by atoms with Crippen LogP contribution < -0.4 is 0 Å². The number of rotatable bonds is 4. The predicted molar refractivity (Wildman–Crippen MR) is 152 cm³/mol. The van der Waals surface area contributed by atoms with E-state index < -0.39 is 11.9 Å². The van der Waals surface area contributed by atoms with Gasteiger partial charge in [-0.15, -0.1) is 0 Å². The fourth-order valence-corrected chi connectivity index (χ4v) is 4.50. The van der Waals surface area contributed by atoms with E-state index in [1.165, 1.54) is 46.6 Å². The van der Waals surface area contributed by atoms with Gasteiger partial charge in [0.05, 0.1) is 33.9 Å². The number of benzene rings is 3. The van der Waals surface area contributed by atoms with Gasteiger partial charge in [-0.3, -0.25) is 9.97 Å². The van der Waals surface area contributed by atoms with Gasteiger partial charge < -0.3 is 10.2 Å². The van der Waals surface area contributed by atoms with E-state index in [9.17, 15) is 19.8 Å². The molecule has 0 bridgehead atoms. The maximum atomic E-state index is 11.8. The van der Waals surface area contributed by atoms with Crippen molar-refractivity contribution in [3.8, 4) is 34.6 Å². The lowest BCUT2D eigenvalue weighted by atomic mass is 10.0. The highest BCUT2D eigenvalue weighted by molar-refractivity contribution is 6.07. The summed E-state index contributed by atoms with van der Waals surface area (Å²) >= 11 is 0. The third-order valence-electron chi connectivity index (χ3n) is 6.46. The average molecular weight is 522 g/mol. The van der Waals surface area contributed by atoms with Crippen molar-refractivity contribution in [2.24, 2.45) is 0 Å². The Labute approximate surface area is 228 Å². The Morgan fingerprint density at radius 1 is 0.550 bits per heavy atom. The number of aromatic nitrogens is 3. The number of carbonyl (C=O) groups is 2. The highest BCUT2D eigenvalue weighted by Gasteiger charge is 2.14. The number of hydrogen-bond acceptors (Lipinski definition) is 5. The van der Waals surface area contributed by atoms with Gasteiger partial charge in [0, 0.05) is 23.5 Å². The highest BCUT2D eigenvalue weighted by atomic mass is 16.4. The lowest BCUT2D eigenvalue weighted by molar-refractivity contribution is 0.0686. The molecule has 0 saturated carbocycles. The summed E-state index contributed by atoms with van der Waals surface area (Å²) < 4.78 is 0. The first-order chi connectivity index (χ1) is 19.4. The summed E-state index contributed by atoms with van der Waals surface area (Å²) in [7, 11) is 0. The molecule has 190 valence electrons. The Hall–Kier alpha value is -5.87. The van der Waals surface area contributed by atoms with Gasteiger partial charge in [-0.25, -0.2) is 14.6 Å². The Kier molecular flexibility index (Phi) is 6.19. The van der Waals surface area contributed by atoms with Crippen LogP contribution >= 0.6 is 0 Å². The third kappa shape index (κ3) is 4.85.